The Balaban J connectivity index is 1.94. The minimum Gasteiger partial charge on any atom is -0.348 e. The molecule has 1 aliphatic rings. The first-order valence-electron chi connectivity index (χ1n) is 7.95. The van der Waals surface area contributed by atoms with Gasteiger partial charge in [-0.25, -0.2) is 0 Å². The fourth-order valence-electron chi connectivity index (χ4n) is 2.66. The Morgan fingerprint density at radius 3 is 2.70 bits per heavy atom. The molecule has 0 saturated heterocycles. The molecule has 0 bridgehead atoms. The van der Waals surface area contributed by atoms with Crippen molar-refractivity contribution in [2.45, 2.75) is 32.1 Å². The normalized spacial score (nSPS) is 13.3. The average Bonchev–Trinajstić information content (AvgIpc) is 2.87. The molecule has 0 aromatic carbocycles. The Morgan fingerprint density at radius 1 is 1.26 bits per heavy atom. The van der Waals surface area contributed by atoms with E-state index in [0.717, 1.165) is 49.1 Å². The van der Waals surface area contributed by atoms with Crippen molar-refractivity contribution in [3.05, 3.63) is 16.0 Å². The molecule has 6 nitrogen and oxygen atoms in total. The van der Waals surface area contributed by atoms with Gasteiger partial charge in [0.05, 0.1) is 26.2 Å². The summed E-state index contributed by atoms with van der Waals surface area (Å²) in [5.41, 5.74) is 1.58. The number of nitrogens with one attached hydrogen (secondary N) is 3. The Labute approximate surface area is 140 Å². The number of nitrogens with zero attached hydrogens (tertiary/aromatic N) is 1. The van der Waals surface area contributed by atoms with E-state index in [1.807, 2.05) is 14.1 Å². The van der Waals surface area contributed by atoms with Crippen molar-refractivity contribution in [2.75, 3.05) is 32.5 Å². The summed E-state index contributed by atoms with van der Waals surface area (Å²) >= 11 is 1.43. The second-order valence-corrected chi connectivity index (χ2v) is 7.15. The number of quaternary nitrogens is 1. The van der Waals surface area contributed by atoms with Crippen molar-refractivity contribution in [3.8, 4) is 6.07 Å². The maximum atomic E-state index is 12.0. The van der Waals surface area contributed by atoms with Crippen molar-refractivity contribution in [2.24, 2.45) is 0 Å². The van der Waals surface area contributed by atoms with Crippen molar-refractivity contribution in [1.29, 1.82) is 5.26 Å². The molecule has 2 amide bonds. The molecule has 0 saturated carbocycles. The minimum atomic E-state index is -0.697. The van der Waals surface area contributed by atoms with Crippen LogP contribution in [0.25, 0.3) is 0 Å². The molecule has 7 heteroatoms. The van der Waals surface area contributed by atoms with Crippen LogP contribution < -0.4 is 15.5 Å². The number of hydrogen-bond donors (Lipinski definition) is 3. The number of anilines is 1. The van der Waals surface area contributed by atoms with Gasteiger partial charge in [0.1, 0.15) is 11.1 Å². The predicted octanol–water partition coefficient (Wildman–Crippen LogP) is 0.0879. The van der Waals surface area contributed by atoms with E-state index in [1.54, 1.807) is 0 Å². The van der Waals surface area contributed by atoms with Crippen LogP contribution in [-0.2, 0) is 22.4 Å². The molecule has 23 heavy (non-hydrogen) atoms. The van der Waals surface area contributed by atoms with E-state index < -0.39 is 11.8 Å². The topological polar surface area (TPSA) is 86.4 Å². The van der Waals surface area contributed by atoms with Crippen LogP contribution in [0, 0.1) is 11.3 Å². The number of amides is 2. The molecule has 0 fully saturated rings. The van der Waals surface area contributed by atoms with Gasteiger partial charge in [0.2, 0.25) is 0 Å². The molecule has 1 aromatic rings. The first kappa shape index (κ1) is 17.4. The highest BCUT2D eigenvalue weighted by molar-refractivity contribution is 7.16. The van der Waals surface area contributed by atoms with E-state index in [4.69, 9.17) is 0 Å². The summed E-state index contributed by atoms with van der Waals surface area (Å²) in [6.07, 6.45) is 4.83. The van der Waals surface area contributed by atoms with Gasteiger partial charge in [-0.1, -0.05) is 0 Å². The standard InChI is InChI=1S/C16H22N4O2S/c1-20(2)9-5-8-18-14(21)15(22)19-16-12(10-17)11-6-3-4-7-13(11)23-16/h3-9H2,1-2H3,(H,18,21)(H,19,22)/p+1. The van der Waals surface area contributed by atoms with Crippen LogP contribution in [0.5, 0.6) is 0 Å². The van der Waals surface area contributed by atoms with Gasteiger partial charge in [0.25, 0.3) is 0 Å². The lowest BCUT2D eigenvalue weighted by molar-refractivity contribution is -0.858. The van der Waals surface area contributed by atoms with Crippen molar-refractivity contribution in [3.63, 3.8) is 0 Å². The van der Waals surface area contributed by atoms with Crippen LogP contribution in [-0.4, -0.2) is 39.0 Å². The van der Waals surface area contributed by atoms with Crippen LogP contribution in [0.2, 0.25) is 0 Å². The van der Waals surface area contributed by atoms with Crippen LogP contribution in [0.15, 0.2) is 0 Å². The van der Waals surface area contributed by atoms with Crippen LogP contribution in [0.3, 0.4) is 0 Å². The van der Waals surface area contributed by atoms with Gasteiger partial charge in [0, 0.05) is 17.8 Å². The molecular formula is C16H23N4O2S+. The third-order valence-electron chi connectivity index (χ3n) is 3.86. The Morgan fingerprint density at radius 2 is 2.00 bits per heavy atom. The van der Waals surface area contributed by atoms with Crippen LogP contribution in [0.4, 0.5) is 5.00 Å². The fourth-order valence-corrected chi connectivity index (χ4v) is 3.89. The summed E-state index contributed by atoms with van der Waals surface area (Å²) < 4.78 is 0. The summed E-state index contributed by atoms with van der Waals surface area (Å²) in [6.45, 7) is 1.40. The lowest BCUT2D eigenvalue weighted by atomic mass is 9.96. The number of aryl methyl sites for hydroxylation is 1. The molecule has 0 radical (unpaired) electrons. The first-order chi connectivity index (χ1) is 11.0. The molecule has 0 aliphatic heterocycles. The third-order valence-corrected chi connectivity index (χ3v) is 5.06. The maximum absolute atomic E-state index is 12.0. The summed E-state index contributed by atoms with van der Waals surface area (Å²) in [7, 11) is 4.08. The van der Waals surface area contributed by atoms with E-state index in [0.29, 0.717) is 17.1 Å². The molecule has 2 rings (SSSR count). The summed E-state index contributed by atoms with van der Waals surface area (Å²) in [4.78, 5) is 26.3. The number of hydrogen-bond acceptors (Lipinski definition) is 4. The number of thiophene rings is 1. The largest absolute Gasteiger partial charge is 0.348 e. The fraction of sp³-hybridized carbons (Fsp3) is 0.562. The van der Waals surface area contributed by atoms with E-state index in [-0.39, 0.29) is 0 Å². The zero-order valence-electron chi connectivity index (χ0n) is 13.6. The van der Waals surface area contributed by atoms with Crippen molar-refractivity contribution in [1.82, 2.24) is 5.32 Å². The summed E-state index contributed by atoms with van der Waals surface area (Å²) in [6, 6.07) is 2.17. The van der Waals surface area contributed by atoms with Crippen molar-refractivity contribution >= 4 is 28.2 Å². The third kappa shape index (κ3) is 4.53. The monoisotopic (exact) mass is 335 g/mol. The van der Waals surface area contributed by atoms with Gasteiger partial charge >= 0.3 is 11.8 Å². The lowest BCUT2D eigenvalue weighted by Crippen LogP contribution is -3.05. The SMILES string of the molecule is C[NH+](C)CCCNC(=O)C(=O)Nc1sc2c(c1C#N)CCCC2. The smallest absolute Gasteiger partial charge is 0.314 e. The predicted molar refractivity (Wildman–Crippen MR) is 89.6 cm³/mol. The maximum Gasteiger partial charge on any atom is 0.314 e. The van der Waals surface area contributed by atoms with Gasteiger partial charge in [-0.3, -0.25) is 9.59 Å². The van der Waals surface area contributed by atoms with E-state index in [9.17, 15) is 14.9 Å². The zero-order valence-corrected chi connectivity index (χ0v) is 14.4. The molecular weight excluding hydrogens is 312 g/mol. The second-order valence-electron chi connectivity index (χ2n) is 6.05. The highest BCUT2D eigenvalue weighted by Gasteiger charge is 2.23. The molecule has 0 unspecified atom stereocenters. The lowest BCUT2D eigenvalue weighted by Gasteiger charge is -2.09. The van der Waals surface area contributed by atoms with E-state index >= 15 is 0 Å². The van der Waals surface area contributed by atoms with Crippen LogP contribution in [0.1, 0.15) is 35.3 Å². The first-order valence-corrected chi connectivity index (χ1v) is 8.77. The van der Waals surface area contributed by atoms with Crippen molar-refractivity contribution < 1.29 is 14.5 Å². The van der Waals surface area contributed by atoms with Gasteiger partial charge in [-0.2, -0.15) is 5.26 Å². The molecule has 1 aliphatic carbocycles. The zero-order chi connectivity index (χ0) is 16.8. The Bertz CT molecular complexity index is 631. The van der Waals surface area contributed by atoms with Gasteiger partial charge in [-0.05, 0) is 31.2 Å². The summed E-state index contributed by atoms with van der Waals surface area (Å²) in [5.74, 6) is -1.34. The van der Waals surface area contributed by atoms with Gasteiger partial charge < -0.3 is 15.5 Å². The highest BCUT2D eigenvalue weighted by Crippen LogP contribution is 2.37. The number of rotatable bonds is 5. The van der Waals surface area contributed by atoms with Gasteiger partial charge in [0.15, 0.2) is 0 Å². The molecule has 0 spiro atoms. The Kier molecular flexibility index (Phi) is 6.13. The quantitative estimate of drug-likeness (QED) is 0.526. The molecule has 1 heterocycles. The van der Waals surface area contributed by atoms with E-state index in [2.05, 4.69) is 16.7 Å². The highest BCUT2D eigenvalue weighted by atomic mass is 32.1. The van der Waals surface area contributed by atoms with E-state index in [1.165, 1.54) is 16.2 Å². The number of fused-ring (bicyclic) bond motifs is 1. The number of carbonyl (C=O) groups excluding carboxylic acids is 2. The van der Waals surface area contributed by atoms with Crippen LogP contribution >= 0.6 is 11.3 Å². The number of nitriles is 1. The number of carbonyl (C=O) groups is 2. The average molecular weight is 335 g/mol. The second kappa shape index (κ2) is 8.09. The molecule has 0 atom stereocenters. The van der Waals surface area contributed by atoms with Gasteiger partial charge in [-0.15, -0.1) is 11.3 Å². The minimum absolute atomic E-state index is 0.476. The summed E-state index contributed by atoms with van der Waals surface area (Å²) in [5, 5.41) is 15.1. The Hall–Kier alpha value is -1.91. The molecule has 124 valence electrons. The molecule has 3 N–H and O–H groups in total. The molecule has 1 aromatic heterocycles.